The van der Waals surface area contributed by atoms with Crippen molar-refractivity contribution < 1.29 is 24.9 Å². The number of fused-ring (bicyclic) bond motifs is 5. The maximum Gasteiger partial charge on any atom is 0.322 e. The lowest BCUT2D eigenvalue weighted by molar-refractivity contribution is -0.174. The van der Waals surface area contributed by atoms with Crippen molar-refractivity contribution in [3.63, 3.8) is 0 Å². The van der Waals surface area contributed by atoms with Crippen LogP contribution in [0.25, 0.3) is 0 Å². The molecular formula is C26H43NO5. The van der Waals surface area contributed by atoms with E-state index in [0.29, 0.717) is 41.9 Å². The summed E-state index contributed by atoms with van der Waals surface area (Å²) >= 11 is 0. The van der Waals surface area contributed by atoms with Gasteiger partial charge in [0.15, 0.2) is 0 Å². The van der Waals surface area contributed by atoms with Crippen molar-refractivity contribution in [1.29, 1.82) is 0 Å². The molecule has 1 amide bonds. The molecule has 0 radical (unpaired) electrons. The minimum absolute atomic E-state index is 0.177. The molecule has 0 aromatic carbocycles. The first kappa shape index (κ1) is 24.0. The molecule has 6 nitrogen and oxygen atoms in total. The van der Waals surface area contributed by atoms with E-state index < -0.39 is 5.97 Å². The van der Waals surface area contributed by atoms with Crippen molar-refractivity contribution in [2.24, 2.45) is 46.3 Å². The summed E-state index contributed by atoms with van der Waals surface area (Å²) in [6.07, 6.45) is 9.06. The van der Waals surface area contributed by atoms with Gasteiger partial charge in [0.05, 0.1) is 12.2 Å². The molecule has 0 aliphatic heterocycles. The van der Waals surface area contributed by atoms with Gasteiger partial charge in [0.1, 0.15) is 6.54 Å². The van der Waals surface area contributed by atoms with E-state index >= 15 is 0 Å². The third-order valence-corrected chi connectivity index (χ3v) is 10.7. The number of aliphatic hydroxyl groups is 2. The normalized spacial score (nSPS) is 46.5. The number of carbonyl (C=O) groups is 2. The van der Waals surface area contributed by atoms with Gasteiger partial charge >= 0.3 is 5.97 Å². The van der Waals surface area contributed by atoms with E-state index in [1.165, 1.54) is 12.8 Å². The van der Waals surface area contributed by atoms with E-state index in [-0.39, 0.29) is 35.5 Å². The molecule has 0 aromatic rings. The van der Waals surface area contributed by atoms with Gasteiger partial charge in [-0.1, -0.05) is 20.8 Å². The molecular weight excluding hydrogens is 406 g/mol. The van der Waals surface area contributed by atoms with Crippen molar-refractivity contribution in [2.75, 3.05) is 6.54 Å². The molecule has 182 valence electrons. The molecule has 0 saturated heterocycles. The third kappa shape index (κ3) is 4.11. The number of carbonyl (C=O) groups excluding carboxylic acids is 1. The van der Waals surface area contributed by atoms with Crippen LogP contribution in [-0.4, -0.2) is 45.9 Å². The molecule has 0 heterocycles. The SMILES string of the molecule is C[C@H](CCC(=O)NCC(=O)O)[C@H]1CCC2C3C(O)C[C@@H]4C[C@H](O)CC[C@@]4(C)C3CC[C@@]21C. The fraction of sp³-hybridized carbons (Fsp3) is 0.923. The van der Waals surface area contributed by atoms with Crippen LogP contribution >= 0.6 is 0 Å². The van der Waals surface area contributed by atoms with Gasteiger partial charge in [-0.05, 0) is 104 Å². The average molecular weight is 450 g/mol. The van der Waals surface area contributed by atoms with E-state index in [1.54, 1.807) is 0 Å². The quantitative estimate of drug-likeness (QED) is 0.496. The molecule has 4 rings (SSSR count). The van der Waals surface area contributed by atoms with Gasteiger partial charge in [0, 0.05) is 6.42 Å². The largest absolute Gasteiger partial charge is 0.480 e. The van der Waals surface area contributed by atoms with Crippen LogP contribution in [0, 0.1) is 46.3 Å². The van der Waals surface area contributed by atoms with Crippen LogP contribution in [0.1, 0.15) is 85.0 Å². The maximum atomic E-state index is 12.0. The van der Waals surface area contributed by atoms with Crippen molar-refractivity contribution in [2.45, 2.75) is 97.2 Å². The van der Waals surface area contributed by atoms with Crippen LogP contribution in [0.5, 0.6) is 0 Å². The van der Waals surface area contributed by atoms with E-state index in [4.69, 9.17) is 5.11 Å². The summed E-state index contributed by atoms with van der Waals surface area (Å²) in [6.45, 7) is 6.83. The Morgan fingerprint density at radius 2 is 1.69 bits per heavy atom. The number of carboxylic acids is 1. The molecule has 4 fully saturated rings. The first-order valence-corrected chi connectivity index (χ1v) is 12.9. The van der Waals surface area contributed by atoms with Crippen molar-refractivity contribution in [1.82, 2.24) is 5.32 Å². The molecule has 4 N–H and O–H groups in total. The van der Waals surface area contributed by atoms with Gasteiger partial charge in [0.2, 0.25) is 5.91 Å². The van der Waals surface area contributed by atoms with Crippen LogP contribution < -0.4 is 5.32 Å². The fourth-order valence-corrected chi connectivity index (χ4v) is 9.00. The van der Waals surface area contributed by atoms with E-state index in [2.05, 4.69) is 26.1 Å². The number of hydrogen-bond acceptors (Lipinski definition) is 4. The van der Waals surface area contributed by atoms with Crippen molar-refractivity contribution >= 4 is 11.9 Å². The molecule has 10 atom stereocenters. The number of carboxylic acid groups (broad SMARTS) is 1. The smallest absolute Gasteiger partial charge is 0.322 e. The first-order valence-electron chi connectivity index (χ1n) is 12.9. The standard InChI is InChI=1S/C26H43NO5/c1-15(4-7-22(30)27-14-23(31)32)18-5-6-19-24-20(9-11-26(18,19)3)25(2)10-8-17(28)12-16(25)13-21(24)29/h15-21,24,28-29H,4-14H2,1-3H3,(H,27,30)(H,31,32)/t15-,16+,17-,18-,19?,20?,21?,24?,25-,26-/m1/s1. The number of rotatable bonds is 6. The predicted octanol–water partition coefficient (Wildman–Crippen LogP) is 3.59. The Bertz CT molecular complexity index is 727. The monoisotopic (exact) mass is 449 g/mol. The lowest BCUT2D eigenvalue weighted by atomic mass is 9.43. The molecule has 4 aliphatic carbocycles. The van der Waals surface area contributed by atoms with Gasteiger partial charge in [-0.15, -0.1) is 0 Å². The first-order chi connectivity index (χ1) is 15.1. The summed E-state index contributed by atoms with van der Waals surface area (Å²) in [5.41, 5.74) is 0.451. The summed E-state index contributed by atoms with van der Waals surface area (Å²) in [7, 11) is 0. The Kier molecular flexibility index (Phi) is 6.68. The van der Waals surface area contributed by atoms with E-state index in [1.807, 2.05) is 0 Å². The van der Waals surface area contributed by atoms with Crippen LogP contribution in [0.4, 0.5) is 0 Å². The van der Waals surface area contributed by atoms with Crippen LogP contribution in [-0.2, 0) is 9.59 Å². The molecule has 4 unspecified atom stereocenters. The third-order valence-electron chi connectivity index (χ3n) is 10.7. The summed E-state index contributed by atoms with van der Waals surface area (Å²) in [6, 6.07) is 0. The van der Waals surface area contributed by atoms with E-state index in [9.17, 15) is 19.8 Å². The minimum Gasteiger partial charge on any atom is -0.480 e. The highest BCUT2D eigenvalue weighted by Crippen LogP contribution is 2.68. The lowest BCUT2D eigenvalue weighted by Crippen LogP contribution is -2.58. The zero-order chi connectivity index (χ0) is 23.3. The second kappa shape index (κ2) is 8.90. The highest BCUT2D eigenvalue weighted by atomic mass is 16.4. The average Bonchev–Trinajstić information content (AvgIpc) is 3.09. The van der Waals surface area contributed by atoms with Gasteiger partial charge in [-0.2, -0.15) is 0 Å². The Hall–Kier alpha value is -1.14. The molecule has 0 bridgehead atoms. The number of aliphatic carboxylic acids is 1. The summed E-state index contributed by atoms with van der Waals surface area (Å²) in [5.74, 6) is 1.66. The highest BCUT2D eigenvalue weighted by Gasteiger charge is 2.62. The maximum absolute atomic E-state index is 12.0. The predicted molar refractivity (Wildman–Crippen MR) is 122 cm³/mol. The number of aliphatic hydroxyl groups excluding tert-OH is 2. The Labute approximate surface area is 192 Å². The molecule has 4 saturated carbocycles. The van der Waals surface area contributed by atoms with Gasteiger partial charge in [0.25, 0.3) is 0 Å². The Morgan fingerprint density at radius 3 is 2.41 bits per heavy atom. The molecule has 32 heavy (non-hydrogen) atoms. The highest BCUT2D eigenvalue weighted by molar-refractivity contribution is 5.81. The second-order valence-corrected chi connectivity index (χ2v) is 12.1. The number of amides is 1. The van der Waals surface area contributed by atoms with Crippen LogP contribution in [0.2, 0.25) is 0 Å². The molecule has 6 heteroatoms. The zero-order valence-corrected chi connectivity index (χ0v) is 20.1. The Morgan fingerprint density at radius 1 is 1.00 bits per heavy atom. The van der Waals surface area contributed by atoms with Gasteiger partial charge in [-0.25, -0.2) is 0 Å². The Balaban J connectivity index is 1.44. The topological polar surface area (TPSA) is 107 Å². The lowest BCUT2D eigenvalue weighted by Gasteiger charge is -2.62. The molecule has 0 spiro atoms. The van der Waals surface area contributed by atoms with Crippen molar-refractivity contribution in [3.8, 4) is 0 Å². The van der Waals surface area contributed by atoms with E-state index in [0.717, 1.165) is 44.9 Å². The number of nitrogens with one attached hydrogen (secondary N) is 1. The zero-order valence-electron chi connectivity index (χ0n) is 20.1. The second-order valence-electron chi connectivity index (χ2n) is 12.1. The molecule has 4 aliphatic rings. The summed E-state index contributed by atoms with van der Waals surface area (Å²) in [5, 5.41) is 32.8. The minimum atomic E-state index is -1.01. The van der Waals surface area contributed by atoms with Gasteiger partial charge in [-0.3, -0.25) is 9.59 Å². The number of hydrogen-bond donors (Lipinski definition) is 4. The fourth-order valence-electron chi connectivity index (χ4n) is 9.00. The molecule has 0 aromatic heterocycles. The van der Waals surface area contributed by atoms with Gasteiger partial charge < -0.3 is 20.6 Å². The van der Waals surface area contributed by atoms with Crippen LogP contribution in [0.15, 0.2) is 0 Å². The summed E-state index contributed by atoms with van der Waals surface area (Å²) < 4.78 is 0. The van der Waals surface area contributed by atoms with Crippen LogP contribution in [0.3, 0.4) is 0 Å². The van der Waals surface area contributed by atoms with Crippen molar-refractivity contribution in [3.05, 3.63) is 0 Å². The summed E-state index contributed by atoms with van der Waals surface area (Å²) in [4.78, 5) is 22.7.